The van der Waals surface area contributed by atoms with E-state index in [1.807, 2.05) is 0 Å². The third kappa shape index (κ3) is 5.63. The minimum absolute atomic E-state index is 0. The summed E-state index contributed by atoms with van der Waals surface area (Å²) in [4.78, 5) is 0. The molecule has 0 N–H and O–H groups in total. The van der Waals surface area contributed by atoms with Gasteiger partial charge < -0.3 is 13.3 Å². The number of hydrogen-bond donors (Lipinski definition) is 0. The smallest absolute Gasteiger partial charge is 0 e. The maximum atomic E-state index is 4.35. The minimum Gasteiger partial charge on any atom is -0.340 e. The Hall–Kier alpha value is 1.10. The van der Waals surface area contributed by atoms with Crippen LogP contribution in [0.15, 0.2) is 0 Å². The normalized spacial score (nSPS) is 27.2. The van der Waals surface area contributed by atoms with Crippen LogP contribution in [0.3, 0.4) is 0 Å². The van der Waals surface area contributed by atoms with Crippen LogP contribution >= 0.6 is 0 Å². The van der Waals surface area contributed by atoms with E-state index < -0.39 is 0 Å². The van der Waals surface area contributed by atoms with Gasteiger partial charge in [-0.3, -0.25) is 0 Å². The zero-order valence-electron chi connectivity index (χ0n) is 12.0. The molecule has 1 heteroatoms. The molecule has 0 aliphatic heterocycles. The molecule has 16 heavy (non-hydrogen) atoms. The molecule has 0 spiro atoms. The average Bonchev–Trinajstić information content (AvgIpc) is 2.75. The van der Waals surface area contributed by atoms with Crippen LogP contribution in [0.1, 0.15) is 54.4 Å². The molecule has 0 aromatic rings. The molecular formula is C15H28Y-2. The van der Waals surface area contributed by atoms with Crippen LogP contribution in [0.25, 0.3) is 0 Å². The van der Waals surface area contributed by atoms with Crippen molar-refractivity contribution >= 4 is 0 Å². The monoisotopic (exact) mass is 297 g/mol. The van der Waals surface area contributed by atoms with Gasteiger partial charge in [-0.15, -0.1) is 0 Å². The molecule has 1 aliphatic rings. The minimum atomic E-state index is 0. The van der Waals surface area contributed by atoms with Crippen molar-refractivity contribution in [3.63, 3.8) is 0 Å². The van der Waals surface area contributed by atoms with Gasteiger partial charge in [0.05, 0.1) is 0 Å². The van der Waals surface area contributed by atoms with E-state index in [9.17, 15) is 0 Å². The van der Waals surface area contributed by atoms with Crippen molar-refractivity contribution in [2.45, 2.75) is 54.4 Å². The third-order valence-corrected chi connectivity index (χ3v) is 3.64. The van der Waals surface area contributed by atoms with Gasteiger partial charge in [-0.25, -0.2) is 0 Å². The van der Waals surface area contributed by atoms with E-state index in [-0.39, 0.29) is 32.7 Å². The largest absolute Gasteiger partial charge is 0.340 e. The molecule has 1 radical (unpaired) electrons. The van der Waals surface area contributed by atoms with Crippen molar-refractivity contribution in [2.75, 3.05) is 0 Å². The molecular weight excluding hydrogens is 269 g/mol. The molecule has 0 aromatic heterocycles. The van der Waals surface area contributed by atoms with Gasteiger partial charge >= 0.3 is 0 Å². The summed E-state index contributed by atoms with van der Waals surface area (Å²) in [6.07, 6.45) is 5.17. The van der Waals surface area contributed by atoms with Crippen LogP contribution in [0.2, 0.25) is 0 Å². The maximum absolute atomic E-state index is 4.35. The summed E-state index contributed by atoms with van der Waals surface area (Å²) in [5.74, 6) is 2.42. The Kier molecular flexibility index (Phi) is 6.23. The Morgan fingerprint density at radius 2 is 1.69 bits per heavy atom. The van der Waals surface area contributed by atoms with E-state index in [0.717, 1.165) is 11.8 Å². The Balaban J connectivity index is 0.00000225. The number of hydrogen-bond acceptors (Lipinski definition) is 0. The molecule has 0 nitrogen and oxygen atoms in total. The zero-order valence-corrected chi connectivity index (χ0v) is 14.8. The summed E-state index contributed by atoms with van der Waals surface area (Å²) in [6.45, 7) is 18.2. The number of rotatable bonds is 3. The van der Waals surface area contributed by atoms with Crippen LogP contribution < -0.4 is 0 Å². The van der Waals surface area contributed by atoms with E-state index >= 15 is 0 Å². The van der Waals surface area contributed by atoms with E-state index in [1.54, 1.807) is 0 Å². The summed E-state index contributed by atoms with van der Waals surface area (Å²) in [7, 11) is 0. The van der Waals surface area contributed by atoms with Gasteiger partial charge in [0.25, 0.3) is 0 Å². The zero-order chi connectivity index (χ0) is 11.9. The summed E-state index contributed by atoms with van der Waals surface area (Å²) < 4.78 is 0. The second-order valence-electron chi connectivity index (χ2n) is 7.44. The summed E-state index contributed by atoms with van der Waals surface area (Å²) in [5.41, 5.74) is 0.757. The van der Waals surface area contributed by atoms with Crippen LogP contribution in [0.4, 0.5) is 0 Å². The molecule has 1 rings (SSSR count). The predicted molar refractivity (Wildman–Crippen MR) is 68.3 cm³/mol. The van der Waals surface area contributed by atoms with Crippen molar-refractivity contribution < 1.29 is 32.7 Å². The fourth-order valence-electron chi connectivity index (χ4n) is 2.18. The van der Waals surface area contributed by atoms with E-state index in [1.165, 1.54) is 12.8 Å². The van der Waals surface area contributed by atoms with Crippen LogP contribution in [-0.2, 0) is 32.7 Å². The van der Waals surface area contributed by atoms with Crippen molar-refractivity contribution in [1.82, 2.24) is 0 Å². The van der Waals surface area contributed by atoms with Gasteiger partial charge in [-0.05, 0) is 0 Å². The van der Waals surface area contributed by atoms with Crippen molar-refractivity contribution in [1.29, 1.82) is 0 Å². The molecule has 1 saturated carbocycles. The molecule has 3 atom stereocenters. The Morgan fingerprint density at radius 3 is 2.06 bits per heavy atom. The fourth-order valence-corrected chi connectivity index (χ4v) is 2.18. The Bertz CT molecular complexity index is 206. The average molecular weight is 297 g/mol. The maximum Gasteiger partial charge on any atom is 0 e. The molecule has 0 aromatic carbocycles. The van der Waals surface area contributed by atoms with Gasteiger partial charge in [0.15, 0.2) is 0 Å². The SMILES string of the molecule is [CH2-]C(C1CC1C[CH-]C(C)(C)C)C(C)(C)C.[Y]. The molecule has 1 aliphatic carbocycles. The summed E-state index contributed by atoms with van der Waals surface area (Å²) in [5, 5.41) is 0. The Morgan fingerprint density at radius 1 is 1.19 bits per heavy atom. The van der Waals surface area contributed by atoms with E-state index in [2.05, 4.69) is 54.9 Å². The van der Waals surface area contributed by atoms with Crippen LogP contribution in [0.5, 0.6) is 0 Å². The fraction of sp³-hybridized carbons (Fsp3) is 0.867. The van der Waals surface area contributed by atoms with Crippen molar-refractivity contribution in [2.24, 2.45) is 28.6 Å². The molecule has 93 valence electrons. The van der Waals surface area contributed by atoms with Crippen molar-refractivity contribution in [3.8, 4) is 0 Å². The summed E-state index contributed by atoms with van der Waals surface area (Å²) in [6, 6.07) is 0. The van der Waals surface area contributed by atoms with Gasteiger partial charge in [0.1, 0.15) is 0 Å². The van der Waals surface area contributed by atoms with Crippen LogP contribution in [0, 0.1) is 41.9 Å². The molecule has 0 amide bonds. The third-order valence-electron chi connectivity index (χ3n) is 3.64. The van der Waals surface area contributed by atoms with Gasteiger partial charge in [0, 0.05) is 32.7 Å². The van der Waals surface area contributed by atoms with Crippen molar-refractivity contribution in [3.05, 3.63) is 13.3 Å². The standard InChI is InChI=1S/C15H28.Y/c1-11(15(5,6)7)13-10-12(13)8-9-14(2,3)4;/h9,11-13H,1,8,10H2,2-7H3;/q-2;. The molecule has 0 heterocycles. The molecule has 0 bridgehead atoms. The first kappa shape index (κ1) is 17.1. The van der Waals surface area contributed by atoms with Gasteiger partial charge in [-0.2, -0.15) is 17.8 Å². The second-order valence-corrected chi connectivity index (χ2v) is 7.44. The predicted octanol–water partition coefficient (Wildman–Crippen LogP) is 4.76. The first-order chi connectivity index (χ1) is 6.61. The Labute approximate surface area is 128 Å². The molecule has 3 unspecified atom stereocenters. The first-order valence-corrected chi connectivity index (χ1v) is 6.29. The second kappa shape index (κ2) is 5.83. The van der Waals surface area contributed by atoms with Crippen LogP contribution in [-0.4, -0.2) is 0 Å². The first-order valence-electron chi connectivity index (χ1n) is 6.29. The summed E-state index contributed by atoms with van der Waals surface area (Å²) >= 11 is 0. The molecule has 1 fully saturated rings. The van der Waals surface area contributed by atoms with E-state index in [4.69, 9.17) is 0 Å². The molecule has 0 saturated heterocycles. The van der Waals surface area contributed by atoms with E-state index in [0.29, 0.717) is 16.7 Å². The quantitative estimate of drug-likeness (QED) is 0.659. The van der Waals surface area contributed by atoms with Gasteiger partial charge in [-0.1, -0.05) is 65.2 Å². The van der Waals surface area contributed by atoms with Gasteiger partial charge in [0.2, 0.25) is 0 Å². The topological polar surface area (TPSA) is 0 Å².